The average Bonchev–Trinajstić information content (AvgIpc) is 3.17. The van der Waals surface area contributed by atoms with Gasteiger partial charge in [0.1, 0.15) is 0 Å². The summed E-state index contributed by atoms with van der Waals surface area (Å²) in [5.74, 6) is -0.0173. The number of ketones is 1. The minimum atomic E-state index is -0.0173. The predicted octanol–water partition coefficient (Wildman–Crippen LogP) is 6.05. The van der Waals surface area contributed by atoms with Crippen LogP contribution in [0.25, 0.3) is 23.0 Å². The standard InChI is InChI=1S/C26H22N2O/c1-19-8-6-10-21(16-19)25(29)15-14-23-18-28(24-12-4-3-5-13-24)27-26(23)22-11-7-9-20(2)17-22/h3-18H,1-2H3/b15-14+. The van der Waals surface area contributed by atoms with Crippen LogP contribution in [0, 0.1) is 13.8 Å². The van der Waals surface area contributed by atoms with Crippen LogP contribution in [0.4, 0.5) is 0 Å². The molecule has 0 aliphatic rings. The number of allylic oxidation sites excluding steroid dienone is 1. The molecule has 0 aliphatic carbocycles. The quantitative estimate of drug-likeness (QED) is 0.313. The molecule has 0 bridgehead atoms. The molecule has 0 N–H and O–H groups in total. The van der Waals surface area contributed by atoms with E-state index in [0.29, 0.717) is 5.56 Å². The summed E-state index contributed by atoms with van der Waals surface area (Å²) >= 11 is 0. The molecule has 0 unspecified atom stereocenters. The average molecular weight is 378 g/mol. The lowest BCUT2D eigenvalue weighted by atomic mass is 10.0. The minimum absolute atomic E-state index is 0.0173. The van der Waals surface area contributed by atoms with Crippen LogP contribution < -0.4 is 0 Å². The van der Waals surface area contributed by atoms with Crippen molar-refractivity contribution in [3.05, 3.63) is 113 Å². The van der Waals surface area contributed by atoms with Gasteiger partial charge in [0.15, 0.2) is 5.78 Å². The molecule has 3 nitrogen and oxygen atoms in total. The van der Waals surface area contributed by atoms with Crippen LogP contribution in [0.5, 0.6) is 0 Å². The molecule has 0 atom stereocenters. The third kappa shape index (κ3) is 4.25. The Morgan fingerprint density at radius 3 is 2.31 bits per heavy atom. The van der Waals surface area contributed by atoms with E-state index in [1.165, 1.54) is 5.56 Å². The summed E-state index contributed by atoms with van der Waals surface area (Å²) in [5, 5.41) is 4.81. The normalized spacial score (nSPS) is 11.1. The second-order valence-electron chi connectivity index (χ2n) is 7.15. The molecule has 0 spiro atoms. The lowest BCUT2D eigenvalue weighted by molar-refractivity contribution is 0.104. The zero-order valence-corrected chi connectivity index (χ0v) is 16.5. The molecule has 0 saturated carbocycles. The highest BCUT2D eigenvalue weighted by molar-refractivity contribution is 6.07. The molecule has 0 saturated heterocycles. The largest absolute Gasteiger partial charge is 0.289 e. The first-order valence-corrected chi connectivity index (χ1v) is 9.61. The third-order valence-electron chi connectivity index (χ3n) is 4.77. The molecule has 1 heterocycles. The summed E-state index contributed by atoms with van der Waals surface area (Å²) in [6.45, 7) is 4.05. The monoisotopic (exact) mass is 378 g/mol. The summed E-state index contributed by atoms with van der Waals surface area (Å²) in [5.41, 5.74) is 6.69. The van der Waals surface area contributed by atoms with E-state index < -0.39 is 0 Å². The van der Waals surface area contributed by atoms with Gasteiger partial charge in [-0.15, -0.1) is 0 Å². The second-order valence-corrected chi connectivity index (χ2v) is 7.15. The Labute approximate surface area is 171 Å². The lowest BCUT2D eigenvalue weighted by Crippen LogP contribution is -1.94. The topological polar surface area (TPSA) is 34.9 Å². The van der Waals surface area contributed by atoms with Crippen molar-refractivity contribution in [2.45, 2.75) is 13.8 Å². The molecule has 0 aliphatic heterocycles. The Morgan fingerprint density at radius 2 is 1.59 bits per heavy atom. The third-order valence-corrected chi connectivity index (χ3v) is 4.77. The van der Waals surface area contributed by atoms with Gasteiger partial charge in [0.2, 0.25) is 0 Å². The molecule has 142 valence electrons. The summed E-state index contributed by atoms with van der Waals surface area (Å²) < 4.78 is 1.86. The van der Waals surface area contributed by atoms with Gasteiger partial charge in [-0.1, -0.05) is 65.7 Å². The molecule has 4 aromatic rings. The van der Waals surface area contributed by atoms with Gasteiger partial charge in [0, 0.05) is 22.9 Å². The van der Waals surface area contributed by atoms with E-state index in [4.69, 9.17) is 5.10 Å². The van der Waals surface area contributed by atoms with Gasteiger partial charge in [-0.3, -0.25) is 4.79 Å². The fourth-order valence-corrected chi connectivity index (χ4v) is 3.30. The van der Waals surface area contributed by atoms with E-state index in [2.05, 4.69) is 19.1 Å². The van der Waals surface area contributed by atoms with Crippen molar-refractivity contribution in [1.82, 2.24) is 9.78 Å². The molecular weight excluding hydrogens is 356 g/mol. The first-order chi connectivity index (χ1) is 14.1. The number of hydrogen-bond acceptors (Lipinski definition) is 2. The molecule has 29 heavy (non-hydrogen) atoms. The van der Waals surface area contributed by atoms with Gasteiger partial charge in [-0.05, 0) is 50.3 Å². The van der Waals surface area contributed by atoms with E-state index in [9.17, 15) is 4.79 Å². The molecule has 0 fully saturated rings. The maximum Gasteiger partial charge on any atom is 0.185 e. The van der Waals surface area contributed by atoms with Crippen LogP contribution in [-0.4, -0.2) is 15.6 Å². The Bertz CT molecular complexity index is 1190. The van der Waals surface area contributed by atoms with Crippen molar-refractivity contribution in [2.75, 3.05) is 0 Å². The zero-order chi connectivity index (χ0) is 20.2. The first-order valence-electron chi connectivity index (χ1n) is 9.61. The Morgan fingerprint density at radius 1 is 0.862 bits per heavy atom. The molecular formula is C26H22N2O. The smallest absolute Gasteiger partial charge is 0.185 e. The summed E-state index contributed by atoms with van der Waals surface area (Å²) in [6.07, 6.45) is 5.45. The molecule has 4 rings (SSSR count). The van der Waals surface area contributed by atoms with E-state index in [0.717, 1.165) is 28.1 Å². The van der Waals surface area contributed by atoms with Crippen LogP contribution in [0.2, 0.25) is 0 Å². The number of hydrogen-bond donors (Lipinski definition) is 0. The lowest BCUT2D eigenvalue weighted by Gasteiger charge is -2.01. The van der Waals surface area contributed by atoms with E-state index in [1.54, 1.807) is 6.08 Å². The van der Waals surface area contributed by atoms with Crippen molar-refractivity contribution in [1.29, 1.82) is 0 Å². The Hall–Kier alpha value is -3.72. The highest BCUT2D eigenvalue weighted by atomic mass is 16.1. The molecule has 0 radical (unpaired) electrons. The van der Waals surface area contributed by atoms with Crippen molar-refractivity contribution in [2.24, 2.45) is 0 Å². The van der Waals surface area contributed by atoms with Crippen LogP contribution in [0.15, 0.2) is 91.1 Å². The number of aryl methyl sites for hydroxylation is 2. The van der Waals surface area contributed by atoms with Crippen LogP contribution in [-0.2, 0) is 0 Å². The Kier molecular flexibility index (Phi) is 5.21. The number of benzene rings is 3. The second kappa shape index (κ2) is 8.11. The van der Waals surface area contributed by atoms with E-state index in [1.807, 2.05) is 90.6 Å². The van der Waals surface area contributed by atoms with Gasteiger partial charge >= 0.3 is 0 Å². The van der Waals surface area contributed by atoms with Crippen molar-refractivity contribution < 1.29 is 4.79 Å². The van der Waals surface area contributed by atoms with Gasteiger partial charge in [-0.25, -0.2) is 4.68 Å². The van der Waals surface area contributed by atoms with Gasteiger partial charge in [-0.2, -0.15) is 5.10 Å². The molecule has 0 amide bonds. The van der Waals surface area contributed by atoms with Gasteiger partial charge < -0.3 is 0 Å². The van der Waals surface area contributed by atoms with Crippen LogP contribution in [0.3, 0.4) is 0 Å². The SMILES string of the molecule is Cc1cccc(C(=O)/C=C/c2cn(-c3ccccc3)nc2-c2cccc(C)c2)c1. The van der Waals surface area contributed by atoms with Crippen molar-refractivity contribution >= 4 is 11.9 Å². The zero-order valence-electron chi connectivity index (χ0n) is 16.5. The Balaban J connectivity index is 1.75. The fourth-order valence-electron chi connectivity index (χ4n) is 3.30. The summed E-state index contributed by atoms with van der Waals surface area (Å²) in [7, 11) is 0. The summed E-state index contributed by atoms with van der Waals surface area (Å²) in [6, 6.07) is 25.9. The molecule has 3 aromatic carbocycles. The van der Waals surface area contributed by atoms with Crippen molar-refractivity contribution in [3.8, 4) is 16.9 Å². The maximum atomic E-state index is 12.6. The summed E-state index contributed by atoms with van der Waals surface area (Å²) in [4.78, 5) is 12.6. The molecule has 3 heteroatoms. The number of aromatic nitrogens is 2. The predicted molar refractivity (Wildman–Crippen MR) is 118 cm³/mol. The highest BCUT2D eigenvalue weighted by Gasteiger charge is 2.11. The fraction of sp³-hybridized carbons (Fsp3) is 0.0769. The van der Waals surface area contributed by atoms with E-state index >= 15 is 0 Å². The van der Waals surface area contributed by atoms with Gasteiger partial charge in [0.25, 0.3) is 0 Å². The first kappa shape index (κ1) is 18.6. The van der Waals surface area contributed by atoms with Crippen LogP contribution in [0.1, 0.15) is 27.0 Å². The number of para-hydroxylation sites is 1. The maximum absolute atomic E-state index is 12.6. The number of carbonyl (C=O) groups excluding carboxylic acids is 1. The number of rotatable bonds is 5. The van der Waals surface area contributed by atoms with Crippen molar-refractivity contribution in [3.63, 3.8) is 0 Å². The number of carbonyl (C=O) groups is 1. The van der Waals surface area contributed by atoms with Crippen LogP contribution >= 0.6 is 0 Å². The van der Waals surface area contributed by atoms with E-state index in [-0.39, 0.29) is 5.78 Å². The van der Waals surface area contributed by atoms with Gasteiger partial charge in [0.05, 0.1) is 11.4 Å². The number of nitrogens with zero attached hydrogens (tertiary/aromatic N) is 2. The minimum Gasteiger partial charge on any atom is -0.289 e. The molecule has 1 aromatic heterocycles. The highest BCUT2D eigenvalue weighted by Crippen LogP contribution is 2.26.